The fraction of sp³-hybridized carbons (Fsp3) is 0.375. The van der Waals surface area contributed by atoms with Gasteiger partial charge in [0.25, 0.3) is 0 Å². The molecule has 266 valence electrons. The van der Waals surface area contributed by atoms with E-state index in [1.807, 2.05) is 18.2 Å². The predicted octanol–water partition coefficient (Wildman–Crippen LogP) is 8.82. The number of benzene rings is 4. The van der Waals surface area contributed by atoms with Gasteiger partial charge in [0.05, 0.1) is 37.0 Å². The molecule has 4 aromatic carbocycles. The number of aryl methyl sites for hydroxylation is 4. The molecule has 1 saturated carbocycles. The minimum atomic E-state index is -0.472. The zero-order valence-corrected chi connectivity index (χ0v) is 33.4. The van der Waals surface area contributed by atoms with Crippen LogP contribution in [0.4, 0.5) is 0 Å². The summed E-state index contributed by atoms with van der Waals surface area (Å²) in [6, 6.07) is 16.5. The molecule has 0 N–H and O–H groups in total. The van der Waals surface area contributed by atoms with Gasteiger partial charge in [-0.15, -0.1) is 0 Å². The van der Waals surface area contributed by atoms with E-state index in [1.54, 1.807) is 21.1 Å². The van der Waals surface area contributed by atoms with Gasteiger partial charge in [0.2, 0.25) is 0 Å². The number of carbonyl (C=O) groups is 1. The van der Waals surface area contributed by atoms with Gasteiger partial charge in [-0.1, -0.05) is 58.9 Å². The standard InChI is InChI=1S/C40H46Cl2O6P2/c1-8-46-34(43)22-47-39-30(41)14-16-32(49-28-18-23(2)37(44-6)24(3)19-28)35(39)36-33(50-29-20-25(4)38(45-7)26(5)21-29)17-15-31(42)40(36)48-27-12-10-9-11-13-27/h14-21,27,49-50H,8-13,22H2,1-7H3. The molecular weight excluding hydrogens is 709 g/mol. The van der Waals surface area contributed by atoms with Gasteiger partial charge in [-0.3, -0.25) is 0 Å². The molecule has 0 spiro atoms. The fourth-order valence-corrected chi connectivity index (χ4v) is 10.0. The molecule has 2 unspecified atom stereocenters. The summed E-state index contributed by atoms with van der Waals surface area (Å²) in [5.41, 5.74) is 5.85. The van der Waals surface area contributed by atoms with Gasteiger partial charge in [-0.25, -0.2) is 4.79 Å². The van der Waals surface area contributed by atoms with E-state index >= 15 is 0 Å². The number of rotatable bonds is 13. The topological polar surface area (TPSA) is 63.2 Å². The number of hydrogen-bond acceptors (Lipinski definition) is 6. The molecule has 2 atom stereocenters. The van der Waals surface area contributed by atoms with Gasteiger partial charge < -0.3 is 23.7 Å². The van der Waals surface area contributed by atoms with E-state index < -0.39 is 5.97 Å². The molecule has 1 aliphatic rings. The quantitative estimate of drug-likeness (QED) is 0.100. The molecule has 0 radical (unpaired) electrons. The largest absolute Gasteiger partial charge is 0.496 e. The molecule has 0 heterocycles. The molecular formula is C40H46Cl2O6P2. The Kier molecular flexibility index (Phi) is 13.4. The summed E-state index contributed by atoms with van der Waals surface area (Å²) in [7, 11) is 3.87. The van der Waals surface area contributed by atoms with E-state index in [2.05, 4.69) is 58.0 Å². The number of esters is 1. The van der Waals surface area contributed by atoms with Crippen molar-refractivity contribution in [2.45, 2.75) is 72.8 Å². The minimum Gasteiger partial charge on any atom is -0.496 e. The number of carbonyl (C=O) groups excluding carboxylic acids is 1. The van der Waals surface area contributed by atoms with Gasteiger partial charge in [-0.2, -0.15) is 0 Å². The zero-order chi connectivity index (χ0) is 35.9. The second-order valence-electron chi connectivity index (χ2n) is 12.6. The molecule has 1 aliphatic carbocycles. The average Bonchev–Trinajstić information content (AvgIpc) is 3.07. The number of halogens is 2. The Morgan fingerprint density at radius 1 is 0.700 bits per heavy atom. The Balaban J connectivity index is 1.76. The maximum atomic E-state index is 12.6. The third-order valence-corrected chi connectivity index (χ3v) is 12.0. The molecule has 4 aromatic rings. The highest BCUT2D eigenvalue weighted by Gasteiger charge is 2.28. The van der Waals surface area contributed by atoms with Crippen LogP contribution in [0.15, 0.2) is 48.5 Å². The Bertz CT molecular complexity index is 1810. The number of hydrogen-bond donors (Lipinski definition) is 0. The Hall–Kier alpha value is -3.01. The number of methoxy groups -OCH3 is 2. The smallest absolute Gasteiger partial charge is 0.344 e. The molecule has 0 saturated heterocycles. The SMILES string of the molecule is CCOC(=O)COc1c(Cl)ccc(Pc2cc(C)c(OC)c(C)c2)c1-c1c(Pc2cc(C)c(OC)c(C)c2)ccc(Cl)c1OC1CCCCC1. The van der Waals surface area contributed by atoms with Crippen LogP contribution in [0.25, 0.3) is 11.1 Å². The van der Waals surface area contributed by atoms with Gasteiger partial charge in [0.1, 0.15) is 23.0 Å². The van der Waals surface area contributed by atoms with Gasteiger partial charge in [0.15, 0.2) is 6.61 Å². The van der Waals surface area contributed by atoms with Crippen molar-refractivity contribution in [3.8, 4) is 34.1 Å². The summed E-state index contributed by atoms with van der Waals surface area (Å²) in [6.45, 7) is 9.98. The van der Waals surface area contributed by atoms with Crippen LogP contribution in [0.2, 0.25) is 10.0 Å². The van der Waals surface area contributed by atoms with Gasteiger partial charge in [-0.05, 0) is 140 Å². The van der Waals surface area contributed by atoms with Crippen molar-refractivity contribution >= 4 is 67.6 Å². The van der Waals surface area contributed by atoms with E-state index in [-0.39, 0.29) is 36.5 Å². The first-order valence-corrected chi connectivity index (χ1v) is 19.7. The first-order chi connectivity index (χ1) is 24.0. The lowest BCUT2D eigenvalue weighted by Crippen LogP contribution is -2.23. The molecule has 5 rings (SSSR count). The van der Waals surface area contributed by atoms with Crippen molar-refractivity contribution in [2.24, 2.45) is 0 Å². The van der Waals surface area contributed by atoms with Crippen molar-refractivity contribution in [1.82, 2.24) is 0 Å². The Morgan fingerprint density at radius 3 is 1.62 bits per heavy atom. The van der Waals surface area contributed by atoms with Crippen molar-refractivity contribution in [2.75, 3.05) is 27.4 Å². The first-order valence-electron chi connectivity index (χ1n) is 17.0. The lowest BCUT2D eigenvalue weighted by Gasteiger charge is -2.28. The normalized spacial score (nSPS) is 13.7. The van der Waals surface area contributed by atoms with Crippen LogP contribution in [-0.2, 0) is 9.53 Å². The van der Waals surface area contributed by atoms with Crippen LogP contribution in [0.1, 0.15) is 61.3 Å². The van der Waals surface area contributed by atoms with Crippen LogP contribution < -0.4 is 40.2 Å². The van der Waals surface area contributed by atoms with E-state index in [1.165, 1.54) is 6.42 Å². The van der Waals surface area contributed by atoms with Crippen molar-refractivity contribution in [1.29, 1.82) is 0 Å². The minimum absolute atomic E-state index is 0.0323. The van der Waals surface area contributed by atoms with Crippen molar-refractivity contribution in [3.05, 3.63) is 80.8 Å². The summed E-state index contributed by atoms with van der Waals surface area (Å²) in [5.74, 6) is 2.30. The van der Waals surface area contributed by atoms with E-state index in [0.717, 1.165) is 91.8 Å². The number of ether oxygens (including phenoxy) is 5. The van der Waals surface area contributed by atoms with E-state index in [9.17, 15) is 4.79 Å². The fourth-order valence-electron chi connectivity index (χ4n) is 6.76. The molecule has 0 bridgehead atoms. The summed E-state index contributed by atoms with van der Waals surface area (Å²) >= 11 is 14.1. The molecule has 6 nitrogen and oxygen atoms in total. The van der Waals surface area contributed by atoms with Crippen LogP contribution in [0.3, 0.4) is 0 Å². The Morgan fingerprint density at radius 2 is 1.16 bits per heavy atom. The lowest BCUT2D eigenvalue weighted by atomic mass is 9.97. The third kappa shape index (κ3) is 8.88. The summed E-state index contributed by atoms with van der Waals surface area (Å²) in [6.07, 6.45) is 5.36. The second-order valence-corrected chi connectivity index (χ2v) is 16.2. The average molecular weight is 756 g/mol. The van der Waals surface area contributed by atoms with Crippen LogP contribution >= 0.6 is 40.4 Å². The van der Waals surface area contributed by atoms with Gasteiger partial charge in [0, 0.05) is 11.1 Å². The zero-order valence-electron chi connectivity index (χ0n) is 29.9. The third-order valence-electron chi connectivity index (χ3n) is 8.83. The van der Waals surface area contributed by atoms with Crippen LogP contribution in [0, 0.1) is 27.7 Å². The summed E-state index contributed by atoms with van der Waals surface area (Å²) < 4.78 is 29.8. The molecule has 0 amide bonds. The molecule has 1 fully saturated rings. The second kappa shape index (κ2) is 17.5. The maximum Gasteiger partial charge on any atom is 0.344 e. The Labute approximate surface area is 310 Å². The van der Waals surface area contributed by atoms with Crippen LogP contribution in [-0.4, -0.2) is 39.5 Å². The van der Waals surface area contributed by atoms with E-state index in [0.29, 0.717) is 21.5 Å². The summed E-state index contributed by atoms with van der Waals surface area (Å²) in [4.78, 5) is 12.6. The van der Waals surface area contributed by atoms with Crippen LogP contribution in [0.5, 0.6) is 23.0 Å². The summed E-state index contributed by atoms with van der Waals surface area (Å²) in [5, 5.41) is 5.19. The highest BCUT2D eigenvalue weighted by Crippen LogP contribution is 2.46. The highest BCUT2D eigenvalue weighted by molar-refractivity contribution is 7.56. The monoisotopic (exact) mass is 754 g/mol. The van der Waals surface area contributed by atoms with Crippen molar-refractivity contribution < 1.29 is 28.5 Å². The van der Waals surface area contributed by atoms with Crippen molar-refractivity contribution in [3.63, 3.8) is 0 Å². The molecule has 0 aromatic heterocycles. The lowest BCUT2D eigenvalue weighted by molar-refractivity contribution is -0.145. The van der Waals surface area contributed by atoms with E-state index in [4.69, 9.17) is 46.9 Å². The molecule has 50 heavy (non-hydrogen) atoms. The first kappa shape index (κ1) is 38.2. The molecule has 0 aliphatic heterocycles. The maximum absolute atomic E-state index is 12.6. The molecule has 10 heteroatoms. The predicted molar refractivity (Wildman–Crippen MR) is 212 cm³/mol. The van der Waals surface area contributed by atoms with Gasteiger partial charge >= 0.3 is 5.97 Å². The highest BCUT2D eigenvalue weighted by atomic mass is 35.5.